The molecule has 0 atom stereocenters. The maximum absolute atomic E-state index is 11.7. The van der Waals surface area contributed by atoms with Crippen molar-refractivity contribution in [3.8, 4) is 11.5 Å². The smallest absolute Gasteiger partial charge is 0.180 e. The fraction of sp³-hybridized carbons (Fsp3) is 0.364. The first kappa shape index (κ1) is 11.5. The van der Waals surface area contributed by atoms with Gasteiger partial charge < -0.3 is 15.2 Å². The molecule has 0 spiro atoms. The van der Waals surface area contributed by atoms with Gasteiger partial charge in [-0.1, -0.05) is 6.07 Å². The Morgan fingerprint density at radius 2 is 2.20 bits per heavy atom. The second-order valence-electron chi connectivity index (χ2n) is 3.26. The van der Waals surface area contributed by atoms with Crippen molar-refractivity contribution >= 4 is 5.78 Å². The van der Waals surface area contributed by atoms with Crippen molar-refractivity contribution in [2.45, 2.75) is 6.92 Å². The fourth-order valence-corrected chi connectivity index (χ4v) is 1.44. The number of methoxy groups -OCH3 is 1. The van der Waals surface area contributed by atoms with Gasteiger partial charge in [0, 0.05) is 0 Å². The summed E-state index contributed by atoms with van der Waals surface area (Å²) in [6.45, 7) is 1.98. The highest BCUT2D eigenvalue weighted by Crippen LogP contribution is 2.32. The van der Waals surface area contributed by atoms with E-state index in [1.54, 1.807) is 26.1 Å². The van der Waals surface area contributed by atoms with Crippen molar-refractivity contribution in [3.63, 3.8) is 0 Å². The average molecular weight is 209 g/mol. The molecule has 0 aromatic heterocycles. The molecule has 2 N–H and O–H groups in total. The SMILES string of the molecule is CNCC(=O)c1c(C)ccc(OC)c1O. The van der Waals surface area contributed by atoms with Crippen LogP contribution in [0.3, 0.4) is 0 Å². The van der Waals surface area contributed by atoms with E-state index in [4.69, 9.17) is 4.74 Å². The van der Waals surface area contributed by atoms with Crippen molar-refractivity contribution in [1.29, 1.82) is 0 Å². The standard InChI is InChI=1S/C11H15NO3/c1-7-4-5-9(15-3)11(14)10(7)8(13)6-12-2/h4-5,12,14H,6H2,1-3H3. The van der Waals surface area contributed by atoms with Crippen molar-refractivity contribution in [3.05, 3.63) is 23.3 Å². The van der Waals surface area contributed by atoms with E-state index in [-0.39, 0.29) is 18.1 Å². The summed E-state index contributed by atoms with van der Waals surface area (Å²) in [6, 6.07) is 3.39. The van der Waals surface area contributed by atoms with E-state index in [1.165, 1.54) is 7.11 Å². The molecule has 0 fully saturated rings. The highest BCUT2D eigenvalue weighted by atomic mass is 16.5. The van der Waals surface area contributed by atoms with Crippen LogP contribution in [0.1, 0.15) is 15.9 Å². The Morgan fingerprint density at radius 3 is 2.73 bits per heavy atom. The number of rotatable bonds is 4. The van der Waals surface area contributed by atoms with Crippen LogP contribution in [-0.2, 0) is 0 Å². The Morgan fingerprint density at radius 1 is 1.53 bits per heavy atom. The van der Waals surface area contributed by atoms with Gasteiger partial charge in [-0.3, -0.25) is 4.79 Å². The molecule has 0 bridgehead atoms. The molecule has 1 aromatic carbocycles. The number of ketones is 1. The number of aryl methyl sites for hydroxylation is 1. The molecule has 0 aliphatic heterocycles. The van der Waals surface area contributed by atoms with Gasteiger partial charge in [0.05, 0.1) is 19.2 Å². The Balaban J connectivity index is 3.20. The maximum atomic E-state index is 11.7. The number of nitrogens with one attached hydrogen (secondary N) is 1. The van der Waals surface area contributed by atoms with Gasteiger partial charge >= 0.3 is 0 Å². The van der Waals surface area contributed by atoms with Crippen LogP contribution in [0, 0.1) is 6.92 Å². The van der Waals surface area contributed by atoms with Crippen LogP contribution in [0.2, 0.25) is 0 Å². The molecular formula is C11H15NO3. The lowest BCUT2D eigenvalue weighted by Crippen LogP contribution is -2.19. The molecule has 0 saturated carbocycles. The largest absolute Gasteiger partial charge is 0.504 e. The van der Waals surface area contributed by atoms with E-state index in [0.717, 1.165) is 5.56 Å². The lowest BCUT2D eigenvalue weighted by molar-refractivity contribution is 0.0990. The summed E-state index contributed by atoms with van der Waals surface area (Å²) in [4.78, 5) is 11.7. The summed E-state index contributed by atoms with van der Waals surface area (Å²) in [5, 5.41) is 12.5. The second-order valence-corrected chi connectivity index (χ2v) is 3.26. The lowest BCUT2D eigenvalue weighted by Gasteiger charge is -2.10. The first-order valence-electron chi connectivity index (χ1n) is 4.66. The zero-order chi connectivity index (χ0) is 11.4. The normalized spacial score (nSPS) is 10.1. The number of hydrogen-bond donors (Lipinski definition) is 2. The molecule has 1 aromatic rings. The lowest BCUT2D eigenvalue weighted by atomic mass is 10.0. The van der Waals surface area contributed by atoms with Crippen molar-refractivity contribution in [2.75, 3.05) is 20.7 Å². The van der Waals surface area contributed by atoms with E-state index in [2.05, 4.69) is 5.32 Å². The predicted molar refractivity (Wildman–Crippen MR) is 57.7 cm³/mol. The topological polar surface area (TPSA) is 58.6 Å². The molecule has 4 nitrogen and oxygen atoms in total. The number of phenols is 1. The molecule has 0 amide bonds. The number of aromatic hydroxyl groups is 1. The third-order valence-corrected chi connectivity index (χ3v) is 2.19. The van der Waals surface area contributed by atoms with Gasteiger partial charge in [0.25, 0.3) is 0 Å². The van der Waals surface area contributed by atoms with E-state index in [0.29, 0.717) is 11.3 Å². The minimum atomic E-state index is -0.147. The van der Waals surface area contributed by atoms with E-state index < -0.39 is 0 Å². The highest BCUT2D eigenvalue weighted by molar-refractivity contribution is 6.02. The minimum absolute atomic E-state index is 0.0854. The number of likely N-dealkylation sites (N-methyl/N-ethyl adjacent to an activating group) is 1. The van der Waals surface area contributed by atoms with Crippen molar-refractivity contribution in [1.82, 2.24) is 5.32 Å². The van der Waals surface area contributed by atoms with Gasteiger partial charge in [-0.2, -0.15) is 0 Å². The van der Waals surface area contributed by atoms with Crippen LogP contribution in [0.4, 0.5) is 0 Å². The molecule has 0 unspecified atom stereocenters. The summed E-state index contributed by atoms with van der Waals surface area (Å²) in [5.41, 5.74) is 1.07. The van der Waals surface area contributed by atoms with Gasteiger partial charge in [0.2, 0.25) is 0 Å². The highest BCUT2D eigenvalue weighted by Gasteiger charge is 2.16. The van der Waals surface area contributed by atoms with Gasteiger partial charge in [-0.05, 0) is 25.6 Å². The van der Waals surface area contributed by atoms with Gasteiger partial charge in [0.1, 0.15) is 0 Å². The number of phenolic OH excluding ortho intramolecular Hbond substituents is 1. The van der Waals surface area contributed by atoms with Crippen molar-refractivity contribution < 1.29 is 14.6 Å². The zero-order valence-electron chi connectivity index (χ0n) is 9.13. The molecule has 0 heterocycles. The number of ether oxygens (including phenoxy) is 1. The Bertz CT molecular complexity index is 374. The summed E-state index contributed by atoms with van der Waals surface area (Å²) >= 11 is 0. The molecule has 15 heavy (non-hydrogen) atoms. The number of Topliss-reactive ketones (excluding diaryl/α,β-unsaturated/α-hetero) is 1. The van der Waals surface area contributed by atoms with E-state index >= 15 is 0 Å². The Labute approximate surface area is 88.9 Å². The maximum Gasteiger partial charge on any atom is 0.180 e. The van der Waals surface area contributed by atoms with Crippen LogP contribution < -0.4 is 10.1 Å². The quantitative estimate of drug-likeness (QED) is 0.729. The van der Waals surface area contributed by atoms with Gasteiger partial charge in [0.15, 0.2) is 17.3 Å². The van der Waals surface area contributed by atoms with Gasteiger partial charge in [-0.15, -0.1) is 0 Å². The van der Waals surface area contributed by atoms with Crippen molar-refractivity contribution in [2.24, 2.45) is 0 Å². The van der Waals surface area contributed by atoms with Crippen LogP contribution in [-0.4, -0.2) is 31.6 Å². The fourth-order valence-electron chi connectivity index (χ4n) is 1.44. The number of carbonyl (C=O) groups excluding carboxylic acids is 1. The third-order valence-electron chi connectivity index (χ3n) is 2.19. The third kappa shape index (κ3) is 2.27. The van der Waals surface area contributed by atoms with Crippen LogP contribution >= 0.6 is 0 Å². The first-order valence-corrected chi connectivity index (χ1v) is 4.66. The summed E-state index contributed by atoms with van der Waals surface area (Å²) in [6.07, 6.45) is 0. The Hall–Kier alpha value is -1.55. The summed E-state index contributed by atoms with van der Waals surface area (Å²) in [7, 11) is 3.14. The molecule has 0 saturated heterocycles. The van der Waals surface area contributed by atoms with E-state index in [9.17, 15) is 9.90 Å². The second kappa shape index (κ2) is 4.79. The number of hydrogen-bond acceptors (Lipinski definition) is 4. The monoisotopic (exact) mass is 209 g/mol. The zero-order valence-corrected chi connectivity index (χ0v) is 9.13. The number of carbonyl (C=O) groups is 1. The summed E-state index contributed by atoms with van der Waals surface area (Å²) in [5.74, 6) is 0.0872. The molecular weight excluding hydrogens is 194 g/mol. The molecule has 82 valence electrons. The Kier molecular flexibility index (Phi) is 3.68. The minimum Gasteiger partial charge on any atom is -0.504 e. The number of benzene rings is 1. The van der Waals surface area contributed by atoms with Crippen LogP contribution in [0.5, 0.6) is 11.5 Å². The summed E-state index contributed by atoms with van der Waals surface area (Å²) < 4.78 is 4.95. The van der Waals surface area contributed by atoms with Crippen LogP contribution in [0.25, 0.3) is 0 Å². The molecule has 1 rings (SSSR count). The molecule has 4 heteroatoms. The van der Waals surface area contributed by atoms with Gasteiger partial charge in [-0.25, -0.2) is 0 Å². The average Bonchev–Trinajstić information content (AvgIpc) is 2.18. The molecule has 0 aliphatic rings. The molecule has 0 radical (unpaired) electrons. The van der Waals surface area contributed by atoms with E-state index in [1.807, 2.05) is 0 Å². The first-order chi connectivity index (χ1) is 7.11. The predicted octanol–water partition coefficient (Wildman–Crippen LogP) is 1.11. The molecule has 0 aliphatic carbocycles. The van der Waals surface area contributed by atoms with Crippen LogP contribution in [0.15, 0.2) is 12.1 Å².